The topological polar surface area (TPSA) is 68.0 Å². The van der Waals surface area contributed by atoms with Crippen LogP contribution in [0.25, 0.3) is 10.9 Å². The first-order valence-corrected chi connectivity index (χ1v) is 7.90. The van der Waals surface area contributed by atoms with Crippen LogP contribution < -0.4 is 11.1 Å². The van der Waals surface area contributed by atoms with Gasteiger partial charge in [-0.1, -0.05) is 30.3 Å². The normalized spacial score (nSPS) is 12.8. The number of amides is 1. The predicted octanol–water partition coefficient (Wildman–Crippen LogP) is 3.76. The highest BCUT2D eigenvalue weighted by molar-refractivity contribution is 5.96. The van der Waals surface area contributed by atoms with Gasteiger partial charge in [0.25, 0.3) is 0 Å². The van der Waals surface area contributed by atoms with E-state index in [0.29, 0.717) is 11.3 Å². The number of carbonyl (C=O) groups is 1. The predicted molar refractivity (Wildman–Crippen MR) is 93.5 cm³/mol. The molecule has 3 rings (SSSR count). The molecule has 0 aliphatic heterocycles. The zero-order valence-corrected chi connectivity index (χ0v) is 13.6. The van der Waals surface area contributed by atoms with Gasteiger partial charge in [0.15, 0.2) is 0 Å². The Balaban J connectivity index is 1.65. The van der Waals surface area contributed by atoms with Crippen LogP contribution in [0.15, 0.2) is 60.8 Å². The summed E-state index contributed by atoms with van der Waals surface area (Å²) in [6.07, 6.45) is -2.73. The highest BCUT2D eigenvalue weighted by Gasteiger charge is 2.30. The Morgan fingerprint density at radius 2 is 1.81 bits per heavy atom. The van der Waals surface area contributed by atoms with Crippen molar-refractivity contribution in [2.75, 3.05) is 5.32 Å². The van der Waals surface area contributed by atoms with Gasteiger partial charge in [-0.2, -0.15) is 13.2 Å². The van der Waals surface area contributed by atoms with Crippen molar-refractivity contribution in [1.29, 1.82) is 0 Å². The summed E-state index contributed by atoms with van der Waals surface area (Å²) in [7, 11) is 0. The van der Waals surface area contributed by atoms with E-state index < -0.39 is 23.7 Å². The zero-order chi connectivity index (χ0) is 18.7. The number of fused-ring (bicyclic) bond motifs is 1. The fourth-order valence-electron chi connectivity index (χ4n) is 2.55. The van der Waals surface area contributed by atoms with Gasteiger partial charge in [-0.05, 0) is 36.2 Å². The number of anilines is 1. The maximum atomic E-state index is 12.6. The lowest BCUT2D eigenvalue weighted by Gasteiger charge is -2.13. The number of nitrogens with two attached hydrogens (primary N) is 1. The molecule has 1 aromatic heterocycles. The molecule has 0 unspecified atom stereocenters. The standard InChI is InChI=1S/C19H16F3N3O/c20-19(21,22)14-7-5-12(6-8-14)9-16(23)18(26)25-15-10-13-3-1-2-4-17(13)24-11-15/h1-8,10-11,16H,9,23H2,(H,25,26)/t16-/m1/s1. The summed E-state index contributed by atoms with van der Waals surface area (Å²) in [6.45, 7) is 0. The van der Waals surface area contributed by atoms with Crippen molar-refractivity contribution in [3.8, 4) is 0 Å². The summed E-state index contributed by atoms with van der Waals surface area (Å²) in [5.41, 5.74) is 7.01. The molecule has 1 amide bonds. The van der Waals surface area contributed by atoms with Gasteiger partial charge in [-0.25, -0.2) is 0 Å². The van der Waals surface area contributed by atoms with Gasteiger partial charge in [0, 0.05) is 5.39 Å². The molecule has 3 N–H and O–H groups in total. The minimum Gasteiger partial charge on any atom is -0.323 e. The summed E-state index contributed by atoms with van der Waals surface area (Å²) < 4.78 is 37.7. The first-order valence-electron chi connectivity index (χ1n) is 7.90. The molecule has 0 aliphatic carbocycles. The fourth-order valence-corrected chi connectivity index (χ4v) is 2.55. The average molecular weight is 359 g/mol. The number of rotatable bonds is 4. The Morgan fingerprint density at radius 1 is 1.12 bits per heavy atom. The monoisotopic (exact) mass is 359 g/mol. The van der Waals surface area contributed by atoms with E-state index in [-0.39, 0.29) is 6.42 Å². The number of benzene rings is 2. The summed E-state index contributed by atoms with van der Waals surface area (Å²) in [4.78, 5) is 16.5. The Morgan fingerprint density at radius 3 is 2.50 bits per heavy atom. The first kappa shape index (κ1) is 17.9. The van der Waals surface area contributed by atoms with Gasteiger partial charge in [0.05, 0.1) is 29.0 Å². The number of nitrogens with one attached hydrogen (secondary N) is 1. The SMILES string of the molecule is N[C@H](Cc1ccc(C(F)(F)F)cc1)C(=O)Nc1cnc2ccccc2c1. The summed E-state index contributed by atoms with van der Waals surface area (Å²) in [5, 5.41) is 3.56. The molecule has 0 bridgehead atoms. The molecular weight excluding hydrogens is 343 g/mol. The van der Waals surface area contributed by atoms with Crippen molar-refractivity contribution in [1.82, 2.24) is 4.98 Å². The van der Waals surface area contributed by atoms with Crippen molar-refractivity contribution in [2.45, 2.75) is 18.6 Å². The van der Waals surface area contributed by atoms with Crippen LogP contribution in [0, 0.1) is 0 Å². The van der Waals surface area contributed by atoms with Gasteiger partial charge < -0.3 is 11.1 Å². The molecule has 1 heterocycles. The number of aromatic nitrogens is 1. The summed E-state index contributed by atoms with van der Waals surface area (Å²) >= 11 is 0. The number of alkyl halides is 3. The lowest BCUT2D eigenvalue weighted by molar-refractivity contribution is -0.137. The van der Waals surface area contributed by atoms with Crippen LogP contribution in [0.2, 0.25) is 0 Å². The molecule has 0 aliphatic rings. The van der Waals surface area contributed by atoms with Gasteiger partial charge in [0.2, 0.25) is 5.91 Å². The van der Waals surface area contributed by atoms with Crippen molar-refractivity contribution in [2.24, 2.45) is 5.73 Å². The third-order valence-corrected chi connectivity index (χ3v) is 3.93. The molecule has 0 spiro atoms. The molecule has 4 nitrogen and oxygen atoms in total. The van der Waals surface area contributed by atoms with Crippen molar-refractivity contribution in [3.05, 3.63) is 71.9 Å². The zero-order valence-electron chi connectivity index (χ0n) is 13.6. The highest BCUT2D eigenvalue weighted by Crippen LogP contribution is 2.29. The Kier molecular flexibility index (Phi) is 4.90. The molecule has 0 radical (unpaired) electrons. The molecule has 7 heteroatoms. The van der Waals surface area contributed by atoms with E-state index >= 15 is 0 Å². The van der Waals surface area contributed by atoms with Crippen LogP contribution >= 0.6 is 0 Å². The van der Waals surface area contributed by atoms with Crippen LogP contribution in [0.3, 0.4) is 0 Å². The van der Waals surface area contributed by atoms with Crippen molar-refractivity contribution in [3.63, 3.8) is 0 Å². The number of pyridine rings is 1. The van der Waals surface area contributed by atoms with E-state index in [1.54, 1.807) is 6.07 Å². The molecule has 0 fully saturated rings. The second kappa shape index (κ2) is 7.13. The maximum absolute atomic E-state index is 12.6. The summed E-state index contributed by atoms with van der Waals surface area (Å²) in [5.74, 6) is -0.429. The molecule has 3 aromatic rings. The lowest BCUT2D eigenvalue weighted by Crippen LogP contribution is -2.37. The van der Waals surface area contributed by atoms with Gasteiger partial charge in [-0.3, -0.25) is 9.78 Å². The van der Waals surface area contributed by atoms with Crippen LogP contribution in [0.4, 0.5) is 18.9 Å². The number of hydrogen-bond acceptors (Lipinski definition) is 3. The third-order valence-electron chi connectivity index (χ3n) is 3.93. The minimum absolute atomic E-state index is 0.130. The second-order valence-electron chi connectivity index (χ2n) is 5.91. The minimum atomic E-state index is -4.39. The van der Waals surface area contributed by atoms with E-state index in [1.165, 1.54) is 18.3 Å². The molecule has 2 aromatic carbocycles. The first-order chi connectivity index (χ1) is 12.3. The lowest BCUT2D eigenvalue weighted by atomic mass is 10.0. The van der Waals surface area contributed by atoms with Crippen LogP contribution in [-0.2, 0) is 17.4 Å². The number of nitrogens with zero attached hydrogens (tertiary/aromatic N) is 1. The highest BCUT2D eigenvalue weighted by atomic mass is 19.4. The smallest absolute Gasteiger partial charge is 0.323 e. The van der Waals surface area contributed by atoms with Crippen molar-refractivity contribution >= 4 is 22.5 Å². The van der Waals surface area contributed by atoms with Crippen LogP contribution in [0.1, 0.15) is 11.1 Å². The van der Waals surface area contributed by atoms with Crippen molar-refractivity contribution < 1.29 is 18.0 Å². The van der Waals surface area contributed by atoms with E-state index in [9.17, 15) is 18.0 Å². The van der Waals surface area contributed by atoms with Gasteiger partial charge in [-0.15, -0.1) is 0 Å². The third kappa shape index (κ3) is 4.18. The molecule has 1 atom stereocenters. The molecule has 26 heavy (non-hydrogen) atoms. The van der Waals surface area contributed by atoms with E-state index in [4.69, 9.17) is 5.73 Å². The Labute approximate surface area is 147 Å². The quantitative estimate of drug-likeness (QED) is 0.745. The Hall–Kier alpha value is -2.93. The van der Waals surface area contributed by atoms with Crippen LogP contribution in [-0.4, -0.2) is 16.9 Å². The second-order valence-corrected chi connectivity index (χ2v) is 5.91. The number of carbonyl (C=O) groups excluding carboxylic acids is 1. The fraction of sp³-hybridized carbons (Fsp3) is 0.158. The van der Waals surface area contributed by atoms with E-state index in [0.717, 1.165) is 23.0 Å². The average Bonchev–Trinajstić information content (AvgIpc) is 2.61. The summed E-state index contributed by atoms with van der Waals surface area (Å²) in [6, 6.07) is 13.0. The van der Waals surface area contributed by atoms with Gasteiger partial charge in [0.1, 0.15) is 0 Å². The Bertz CT molecular complexity index is 923. The number of halogens is 3. The largest absolute Gasteiger partial charge is 0.416 e. The van der Waals surface area contributed by atoms with Crippen LogP contribution in [0.5, 0.6) is 0 Å². The van der Waals surface area contributed by atoms with E-state index in [1.807, 2.05) is 24.3 Å². The molecular formula is C19H16F3N3O. The molecule has 134 valence electrons. The van der Waals surface area contributed by atoms with Gasteiger partial charge >= 0.3 is 6.18 Å². The number of hydrogen-bond donors (Lipinski definition) is 2. The number of para-hydroxylation sites is 1. The molecule has 0 saturated heterocycles. The molecule has 0 saturated carbocycles. The van der Waals surface area contributed by atoms with E-state index in [2.05, 4.69) is 10.3 Å². The maximum Gasteiger partial charge on any atom is 0.416 e.